The Labute approximate surface area is 193 Å². The molecule has 0 aliphatic rings. The van der Waals surface area contributed by atoms with Gasteiger partial charge in [0.05, 0.1) is 5.39 Å². The van der Waals surface area contributed by atoms with Crippen molar-refractivity contribution in [2.45, 2.75) is 13.3 Å². The summed E-state index contributed by atoms with van der Waals surface area (Å²) < 4.78 is 34.6. The number of carbonyl (C=O) groups is 2. The second kappa shape index (κ2) is 9.99. The van der Waals surface area contributed by atoms with Crippen molar-refractivity contribution in [3.8, 4) is 23.0 Å². The van der Waals surface area contributed by atoms with Crippen molar-refractivity contribution >= 4 is 22.7 Å². The van der Waals surface area contributed by atoms with Gasteiger partial charge in [-0.05, 0) is 60.7 Å². The Morgan fingerprint density at radius 3 is 2.29 bits per heavy atom. The van der Waals surface area contributed by atoms with Crippen LogP contribution in [-0.4, -0.2) is 18.4 Å². The normalized spacial score (nSPS) is 10.6. The number of carbonyl (C=O) groups excluding carboxylic acids is 2. The highest BCUT2D eigenvalue weighted by Crippen LogP contribution is 2.24. The van der Waals surface area contributed by atoms with E-state index in [0.29, 0.717) is 17.7 Å². The van der Waals surface area contributed by atoms with Gasteiger partial charge in [-0.25, -0.2) is 9.18 Å². The fourth-order valence-corrected chi connectivity index (χ4v) is 3.10. The minimum Gasteiger partial charge on any atom is -0.482 e. The predicted molar refractivity (Wildman–Crippen MR) is 121 cm³/mol. The first-order valence-corrected chi connectivity index (χ1v) is 10.4. The molecule has 0 saturated carbocycles. The molecule has 34 heavy (non-hydrogen) atoms. The maximum absolute atomic E-state index is 13.0. The molecule has 4 aromatic rings. The number of fused-ring (bicyclic) bond motifs is 1. The van der Waals surface area contributed by atoms with Gasteiger partial charge >= 0.3 is 5.97 Å². The molecular weight excluding hydrogens is 443 g/mol. The van der Waals surface area contributed by atoms with E-state index in [1.807, 2.05) is 0 Å². The molecular formula is C26H19FO7. The topological polar surface area (TPSA) is 92.0 Å². The largest absolute Gasteiger partial charge is 0.482 e. The van der Waals surface area contributed by atoms with E-state index in [4.69, 9.17) is 18.6 Å². The molecule has 0 radical (unpaired) electrons. The quantitative estimate of drug-likeness (QED) is 0.199. The third-order valence-electron chi connectivity index (χ3n) is 4.84. The number of ketones is 1. The van der Waals surface area contributed by atoms with Gasteiger partial charge in [-0.1, -0.05) is 6.92 Å². The summed E-state index contributed by atoms with van der Waals surface area (Å²) in [6.07, 6.45) is 1.54. The fourth-order valence-electron chi connectivity index (χ4n) is 3.10. The number of esters is 1. The lowest BCUT2D eigenvalue weighted by molar-refractivity contribution is -0.136. The van der Waals surface area contributed by atoms with Crippen molar-refractivity contribution in [1.29, 1.82) is 0 Å². The second-order valence-electron chi connectivity index (χ2n) is 7.21. The number of hydrogen-bond donors (Lipinski definition) is 0. The van der Waals surface area contributed by atoms with Crippen LogP contribution in [0, 0.1) is 5.82 Å². The summed E-state index contributed by atoms with van der Waals surface area (Å²) in [5.74, 6) is -0.265. The van der Waals surface area contributed by atoms with Gasteiger partial charge in [-0.3, -0.25) is 9.59 Å². The molecule has 0 saturated heterocycles. The van der Waals surface area contributed by atoms with Crippen molar-refractivity contribution < 1.29 is 32.6 Å². The average molecular weight is 462 g/mol. The number of ether oxygens (including phenoxy) is 3. The average Bonchev–Trinajstić information content (AvgIpc) is 2.85. The summed E-state index contributed by atoms with van der Waals surface area (Å²) in [5.41, 5.74) is 0.331. The lowest BCUT2D eigenvalue weighted by Gasteiger charge is -2.08. The number of halogens is 1. The minimum absolute atomic E-state index is 0.0167. The monoisotopic (exact) mass is 462 g/mol. The SMILES string of the molecule is CCC(=O)c1ccc(OCC(=O)Oc2ccc3c(=O)c(Oc4ccc(F)cc4)coc3c2)cc1. The molecule has 0 spiro atoms. The third-order valence-corrected chi connectivity index (χ3v) is 4.84. The number of hydrogen-bond acceptors (Lipinski definition) is 7. The molecule has 1 heterocycles. The van der Waals surface area contributed by atoms with Crippen molar-refractivity contribution in [3.63, 3.8) is 0 Å². The molecule has 4 rings (SSSR count). The maximum Gasteiger partial charge on any atom is 0.349 e. The van der Waals surface area contributed by atoms with Crippen LogP contribution in [0.1, 0.15) is 23.7 Å². The molecule has 1 aromatic heterocycles. The Kier molecular flexibility index (Phi) is 6.68. The summed E-state index contributed by atoms with van der Waals surface area (Å²) in [6, 6.07) is 16.0. The van der Waals surface area contributed by atoms with E-state index < -0.39 is 17.2 Å². The number of Topliss-reactive ketones (excluding diaryl/α,β-unsaturated/α-hetero) is 1. The number of benzene rings is 3. The van der Waals surface area contributed by atoms with Crippen LogP contribution in [0.25, 0.3) is 11.0 Å². The molecule has 3 aromatic carbocycles. The zero-order valence-corrected chi connectivity index (χ0v) is 18.1. The van der Waals surface area contributed by atoms with Crippen molar-refractivity contribution in [1.82, 2.24) is 0 Å². The smallest absolute Gasteiger partial charge is 0.349 e. The Morgan fingerprint density at radius 2 is 1.59 bits per heavy atom. The molecule has 0 unspecified atom stereocenters. The van der Waals surface area contributed by atoms with E-state index in [0.717, 1.165) is 6.26 Å². The Hall–Kier alpha value is -4.46. The molecule has 0 atom stereocenters. The van der Waals surface area contributed by atoms with E-state index in [2.05, 4.69) is 0 Å². The third kappa shape index (κ3) is 5.29. The fraction of sp³-hybridized carbons (Fsp3) is 0.115. The van der Waals surface area contributed by atoms with E-state index >= 15 is 0 Å². The highest BCUT2D eigenvalue weighted by atomic mass is 19.1. The molecule has 0 aliphatic carbocycles. The summed E-state index contributed by atoms with van der Waals surface area (Å²) in [4.78, 5) is 36.5. The van der Waals surface area contributed by atoms with Crippen LogP contribution in [0.15, 0.2) is 82.2 Å². The van der Waals surface area contributed by atoms with Gasteiger partial charge in [0.25, 0.3) is 0 Å². The molecule has 0 amide bonds. The highest BCUT2D eigenvalue weighted by molar-refractivity contribution is 5.95. The summed E-state index contributed by atoms with van der Waals surface area (Å²) >= 11 is 0. The zero-order chi connectivity index (χ0) is 24.1. The van der Waals surface area contributed by atoms with Gasteiger partial charge < -0.3 is 18.6 Å². The van der Waals surface area contributed by atoms with Crippen LogP contribution in [0.5, 0.6) is 23.0 Å². The van der Waals surface area contributed by atoms with Crippen LogP contribution in [-0.2, 0) is 4.79 Å². The van der Waals surface area contributed by atoms with E-state index in [-0.39, 0.29) is 40.6 Å². The summed E-state index contributed by atoms with van der Waals surface area (Å²) in [5, 5.41) is 0.220. The van der Waals surface area contributed by atoms with Gasteiger partial charge in [0.2, 0.25) is 11.2 Å². The lowest BCUT2D eigenvalue weighted by atomic mass is 10.1. The van der Waals surface area contributed by atoms with Gasteiger partial charge in [0.15, 0.2) is 12.4 Å². The van der Waals surface area contributed by atoms with Crippen LogP contribution < -0.4 is 19.6 Å². The van der Waals surface area contributed by atoms with Crippen molar-refractivity contribution in [3.05, 3.63) is 94.6 Å². The van der Waals surface area contributed by atoms with Gasteiger partial charge in [0.1, 0.15) is 34.9 Å². The van der Waals surface area contributed by atoms with Crippen molar-refractivity contribution in [2.24, 2.45) is 0 Å². The van der Waals surface area contributed by atoms with Crippen molar-refractivity contribution in [2.75, 3.05) is 6.61 Å². The van der Waals surface area contributed by atoms with E-state index in [1.165, 1.54) is 42.5 Å². The standard InChI is InChI=1S/C26H19FO7/c1-2-22(28)16-3-7-18(8-4-16)31-15-25(29)34-20-11-12-21-23(13-20)32-14-24(26(21)30)33-19-9-5-17(27)6-10-19/h3-14H,2,15H2,1H3. The first kappa shape index (κ1) is 22.7. The van der Waals surface area contributed by atoms with E-state index in [1.54, 1.807) is 31.2 Å². The van der Waals surface area contributed by atoms with Crippen LogP contribution in [0.3, 0.4) is 0 Å². The summed E-state index contributed by atoms with van der Waals surface area (Å²) in [6.45, 7) is 1.43. The zero-order valence-electron chi connectivity index (χ0n) is 18.1. The van der Waals surface area contributed by atoms with Crippen LogP contribution in [0.4, 0.5) is 4.39 Å². The molecule has 0 bridgehead atoms. The minimum atomic E-state index is -0.660. The Morgan fingerprint density at radius 1 is 0.912 bits per heavy atom. The van der Waals surface area contributed by atoms with Gasteiger partial charge in [-0.15, -0.1) is 0 Å². The van der Waals surface area contributed by atoms with Crippen LogP contribution in [0.2, 0.25) is 0 Å². The van der Waals surface area contributed by atoms with E-state index in [9.17, 15) is 18.8 Å². The predicted octanol–water partition coefficient (Wildman–Crippen LogP) is 5.30. The lowest BCUT2D eigenvalue weighted by Crippen LogP contribution is -2.17. The van der Waals surface area contributed by atoms with Crippen LogP contribution >= 0.6 is 0 Å². The van der Waals surface area contributed by atoms with Gasteiger partial charge in [-0.2, -0.15) is 0 Å². The molecule has 0 fully saturated rings. The summed E-state index contributed by atoms with van der Waals surface area (Å²) in [7, 11) is 0. The molecule has 0 aliphatic heterocycles. The van der Waals surface area contributed by atoms with Gasteiger partial charge in [0, 0.05) is 18.1 Å². The second-order valence-corrected chi connectivity index (χ2v) is 7.21. The first-order valence-electron chi connectivity index (χ1n) is 10.4. The maximum atomic E-state index is 13.0. The Bertz CT molecular complexity index is 1390. The molecule has 0 N–H and O–H groups in total. The number of rotatable bonds is 8. The highest BCUT2D eigenvalue weighted by Gasteiger charge is 2.13. The molecule has 172 valence electrons. The first-order chi connectivity index (χ1) is 16.4. The molecule has 7 nitrogen and oxygen atoms in total. The Balaban J connectivity index is 1.40. The molecule has 8 heteroatoms.